The number of hydrogen-bond acceptors (Lipinski definition) is 3. The number of para-hydroxylation sites is 1. The first-order chi connectivity index (χ1) is 34.2. The van der Waals surface area contributed by atoms with E-state index in [0.29, 0.717) is 0 Å². The second-order valence-corrected chi connectivity index (χ2v) is 18.1. The number of allylic oxidation sites excluding steroid dienone is 2. The van der Waals surface area contributed by atoms with E-state index in [4.69, 9.17) is 0 Å². The van der Waals surface area contributed by atoms with Gasteiger partial charge in [0.05, 0.1) is 17.4 Å². The number of anilines is 8. The predicted octanol–water partition coefficient (Wildman–Crippen LogP) is 18.1. The maximum atomic E-state index is 2.50. The lowest BCUT2D eigenvalue weighted by atomic mass is 9.91. The van der Waals surface area contributed by atoms with Gasteiger partial charge in [0.25, 0.3) is 0 Å². The van der Waals surface area contributed by atoms with Crippen LogP contribution in [-0.4, -0.2) is 6.04 Å². The van der Waals surface area contributed by atoms with Crippen LogP contribution in [0.1, 0.15) is 11.5 Å². The largest absolute Gasteiger partial charge is 0.333 e. The molecule has 0 bridgehead atoms. The molecule has 11 aromatic rings. The minimum Gasteiger partial charge on any atom is -0.333 e. The van der Waals surface area contributed by atoms with E-state index < -0.39 is 0 Å². The van der Waals surface area contributed by atoms with E-state index in [1.54, 1.807) is 0 Å². The van der Waals surface area contributed by atoms with Gasteiger partial charge in [-0.3, -0.25) is 0 Å². The summed E-state index contributed by atoms with van der Waals surface area (Å²) in [5, 5.41) is 7.24. The topological polar surface area (TPSA) is 9.72 Å². The smallest absolute Gasteiger partial charge is 0.0629 e. The number of fused-ring (bicyclic) bond motifs is 6. The third kappa shape index (κ3) is 7.15. The van der Waals surface area contributed by atoms with Crippen LogP contribution in [0.25, 0.3) is 54.6 Å². The zero-order chi connectivity index (χ0) is 45.7. The molecule has 0 amide bonds. The summed E-state index contributed by atoms with van der Waals surface area (Å²) in [5.74, 6) is 0.229. The van der Waals surface area contributed by atoms with E-state index in [2.05, 4.69) is 288 Å². The van der Waals surface area contributed by atoms with Crippen LogP contribution in [0.5, 0.6) is 0 Å². The summed E-state index contributed by atoms with van der Waals surface area (Å²) in [5.41, 5.74) is 15.3. The third-order valence-electron chi connectivity index (χ3n) is 14.1. The molecule has 2 unspecified atom stereocenters. The summed E-state index contributed by atoms with van der Waals surface area (Å²) < 4.78 is 0. The first-order valence-corrected chi connectivity index (χ1v) is 23.9. The molecule has 0 N–H and O–H groups in total. The fourth-order valence-corrected chi connectivity index (χ4v) is 10.9. The van der Waals surface area contributed by atoms with Crippen molar-refractivity contribution in [3.8, 4) is 22.3 Å². The van der Waals surface area contributed by atoms with Gasteiger partial charge in [0.15, 0.2) is 0 Å². The third-order valence-corrected chi connectivity index (χ3v) is 14.1. The molecule has 2 atom stereocenters. The van der Waals surface area contributed by atoms with Crippen molar-refractivity contribution in [3.63, 3.8) is 0 Å². The number of nitrogens with zero attached hydrogens (tertiary/aromatic N) is 3. The van der Waals surface area contributed by atoms with E-state index in [1.807, 2.05) is 0 Å². The van der Waals surface area contributed by atoms with E-state index in [-0.39, 0.29) is 12.0 Å². The van der Waals surface area contributed by atoms with Gasteiger partial charge < -0.3 is 14.7 Å². The Kier molecular flexibility index (Phi) is 9.98. The van der Waals surface area contributed by atoms with Crippen LogP contribution >= 0.6 is 0 Å². The summed E-state index contributed by atoms with van der Waals surface area (Å²) >= 11 is 0. The maximum Gasteiger partial charge on any atom is 0.0629 e. The Bertz CT molecular complexity index is 3740. The van der Waals surface area contributed by atoms with Crippen molar-refractivity contribution in [2.75, 3.05) is 14.7 Å². The zero-order valence-electron chi connectivity index (χ0n) is 38.0. The molecule has 1 aliphatic carbocycles. The lowest BCUT2D eigenvalue weighted by molar-refractivity contribution is 0.745. The fourth-order valence-electron chi connectivity index (χ4n) is 10.9. The lowest BCUT2D eigenvalue weighted by Crippen LogP contribution is -2.28. The van der Waals surface area contributed by atoms with Crippen LogP contribution in [0.2, 0.25) is 0 Å². The first kappa shape index (κ1) is 40.4. The van der Waals surface area contributed by atoms with Crippen molar-refractivity contribution in [2.45, 2.75) is 12.0 Å². The number of hydrogen-bond donors (Lipinski definition) is 0. The summed E-state index contributed by atoms with van der Waals surface area (Å²) in [7, 11) is 0. The monoisotopic (exact) mass is 881 g/mol. The van der Waals surface area contributed by atoms with Crippen molar-refractivity contribution in [1.29, 1.82) is 0 Å². The molecule has 0 radical (unpaired) electrons. The van der Waals surface area contributed by atoms with Crippen LogP contribution in [0.3, 0.4) is 0 Å². The number of benzene rings is 11. The molecule has 3 heteroatoms. The Morgan fingerprint density at radius 1 is 0.333 bits per heavy atom. The molecule has 1 aliphatic heterocycles. The molecule has 0 saturated carbocycles. The minimum atomic E-state index is 0.208. The summed E-state index contributed by atoms with van der Waals surface area (Å²) in [6.45, 7) is 0. The molecule has 1 heterocycles. The van der Waals surface area contributed by atoms with E-state index in [1.165, 1.54) is 65.9 Å². The number of rotatable bonds is 9. The van der Waals surface area contributed by atoms with Crippen LogP contribution < -0.4 is 14.7 Å². The molecular weight excluding hydrogens is 835 g/mol. The Hall–Kier alpha value is -8.92. The van der Waals surface area contributed by atoms with Crippen molar-refractivity contribution in [2.24, 2.45) is 0 Å². The van der Waals surface area contributed by atoms with E-state index >= 15 is 0 Å². The molecule has 0 spiro atoms. The van der Waals surface area contributed by atoms with Gasteiger partial charge in [-0.1, -0.05) is 194 Å². The molecule has 13 rings (SSSR count). The van der Waals surface area contributed by atoms with Gasteiger partial charge in [0.2, 0.25) is 0 Å². The second-order valence-electron chi connectivity index (χ2n) is 18.1. The zero-order valence-corrected chi connectivity index (χ0v) is 38.0. The highest BCUT2D eigenvalue weighted by Gasteiger charge is 2.38. The van der Waals surface area contributed by atoms with Gasteiger partial charge in [-0.05, 0) is 128 Å². The van der Waals surface area contributed by atoms with Gasteiger partial charge in [0, 0.05) is 50.8 Å². The lowest BCUT2D eigenvalue weighted by Gasteiger charge is -2.30. The van der Waals surface area contributed by atoms with Gasteiger partial charge >= 0.3 is 0 Å². The van der Waals surface area contributed by atoms with Gasteiger partial charge in [-0.25, -0.2) is 0 Å². The Balaban J connectivity index is 0.925. The molecule has 3 nitrogen and oxygen atoms in total. The Morgan fingerprint density at radius 2 is 0.899 bits per heavy atom. The standard InChI is InChI=1S/C66H47N3/c1-3-16-46(17-4-1)48-30-35-53(36-31-48)67(55-39-32-47-18-7-8-20-51(47)44-55)54-37-33-50(34-38-54)57-41-43-65(60-26-12-11-25-59(57)60)69(63-29-15-21-49-19-9-10-24-58(49)63)56-40-42-66-62(45-56)61-27-13-14-28-64(61)68(66)52-22-5-2-6-23-52/h1-45,61,64H. The predicted molar refractivity (Wildman–Crippen MR) is 293 cm³/mol. The highest BCUT2D eigenvalue weighted by molar-refractivity contribution is 6.09. The van der Waals surface area contributed by atoms with Gasteiger partial charge in [0.1, 0.15) is 0 Å². The Labute approximate surface area is 403 Å². The van der Waals surface area contributed by atoms with Gasteiger partial charge in [-0.15, -0.1) is 0 Å². The SMILES string of the molecule is C1=CC2c3cc(N(c4cccc5ccccc45)c4ccc(-c5ccc(N(c6ccc(-c7ccccc7)cc6)c6ccc7ccccc7c6)cc5)c5ccccc45)ccc3N(c3ccccc3)C2C=C1. The van der Waals surface area contributed by atoms with Crippen molar-refractivity contribution in [1.82, 2.24) is 0 Å². The molecule has 69 heavy (non-hydrogen) atoms. The van der Waals surface area contributed by atoms with Crippen LogP contribution in [-0.2, 0) is 0 Å². The highest BCUT2D eigenvalue weighted by Crippen LogP contribution is 2.51. The van der Waals surface area contributed by atoms with Crippen molar-refractivity contribution in [3.05, 3.63) is 279 Å². The molecular formula is C66H47N3. The minimum absolute atomic E-state index is 0.208. The van der Waals surface area contributed by atoms with Crippen LogP contribution in [0.4, 0.5) is 45.5 Å². The maximum absolute atomic E-state index is 2.50. The summed E-state index contributed by atoms with van der Waals surface area (Å²) in [6.07, 6.45) is 9.12. The summed E-state index contributed by atoms with van der Waals surface area (Å²) in [6, 6.07) is 91.1. The molecule has 0 fully saturated rings. The van der Waals surface area contributed by atoms with Crippen molar-refractivity contribution < 1.29 is 0 Å². The quantitative estimate of drug-likeness (QED) is 0.143. The molecule has 2 aliphatic rings. The first-order valence-electron chi connectivity index (χ1n) is 23.9. The average molecular weight is 882 g/mol. The van der Waals surface area contributed by atoms with E-state index in [0.717, 1.165) is 39.7 Å². The average Bonchev–Trinajstić information content (AvgIpc) is 3.76. The second kappa shape index (κ2) is 17.1. The summed E-state index contributed by atoms with van der Waals surface area (Å²) in [4.78, 5) is 7.36. The van der Waals surface area contributed by atoms with Crippen LogP contribution in [0, 0.1) is 0 Å². The molecule has 11 aromatic carbocycles. The fraction of sp³-hybridized carbons (Fsp3) is 0.0303. The van der Waals surface area contributed by atoms with E-state index in [9.17, 15) is 0 Å². The van der Waals surface area contributed by atoms with Crippen LogP contribution in [0.15, 0.2) is 273 Å². The molecule has 326 valence electrons. The van der Waals surface area contributed by atoms with Crippen molar-refractivity contribution >= 4 is 77.8 Å². The Morgan fingerprint density at radius 3 is 1.68 bits per heavy atom. The highest BCUT2D eigenvalue weighted by atomic mass is 15.2. The van der Waals surface area contributed by atoms with Gasteiger partial charge in [-0.2, -0.15) is 0 Å². The normalized spacial score (nSPS) is 14.8. The molecule has 0 aromatic heterocycles. The molecule has 0 saturated heterocycles.